The van der Waals surface area contributed by atoms with E-state index in [-0.39, 0.29) is 11.9 Å². The van der Waals surface area contributed by atoms with Gasteiger partial charge in [0.05, 0.1) is 0 Å². The summed E-state index contributed by atoms with van der Waals surface area (Å²) in [5.41, 5.74) is 2.05. The molecule has 2 N–H and O–H groups in total. The lowest BCUT2D eigenvalue weighted by atomic mass is 9.87. The van der Waals surface area contributed by atoms with Crippen LogP contribution in [-0.2, 0) is 0 Å². The fraction of sp³-hybridized carbons (Fsp3) is 0.579. The third-order valence-corrected chi connectivity index (χ3v) is 4.99. The average Bonchev–Trinajstić information content (AvgIpc) is 2.61. The van der Waals surface area contributed by atoms with Crippen molar-refractivity contribution in [2.24, 2.45) is 5.92 Å². The zero-order valence-electron chi connectivity index (χ0n) is 15.0. The van der Waals surface area contributed by atoms with Crippen molar-refractivity contribution in [1.82, 2.24) is 10.2 Å². The topological polar surface area (TPSA) is 61.4 Å². The number of amides is 3. The Balaban J connectivity index is 1.92. The predicted octanol–water partition coefficient (Wildman–Crippen LogP) is 3.79. The summed E-state index contributed by atoms with van der Waals surface area (Å²) in [5.74, 6) is 0.613. The second-order valence-electron chi connectivity index (χ2n) is 6.70. The normalized spacial score (nSPS) is 15.0. The van der Waals surface area contributed by atoms with Gasteiger partial charge in [-0.05, 0) is 37.0 Å². The molecule has 1 aliphatic carbocycles. The highest BCUT2D eigenvalue weighted by atomic mass is 16.2. The molecule has 0 spiro atoms. The van der Waals surface area contributed by atoms with E-state index in [0.717, 1.165) is 24.4 Å². The van der Waals surface area contributed by atoms with Crippen LogP contribution in [0.5, 0.6) is 0 Å². The predicted molar refractivity (Wildman–Crippen MR) is 97.4 cm³/mol. The molecule has 1 aliphatic rings. The van der Waals surface area contributed by atoms with Crippen LogP contribution in [0.3, 0.4) is 0 Å². The first kappa shape index (κ1) is 18.3. The first-order valence-corrected chi connectivity index (χ1v) is 8.86. The fourth-order valence-electron chi connectivity index (χ4n) is 3.32. The van der Waals surface area contributed by atoms with Crippen molar-refractivity contribution >= 4 is 17.6 Å². The van der Waals surface area contributed by atoms with Crippen molar-refractivity contribution in [3.05, 3.63) is 29.3 Å². The molecule has 0 unspecified atom stereocenters. The van der Waals surface area contributed by atoms with E-state index >= 15 is 0 Å². The van der Waals surface area contributed by atoms with Gasteiger partial charge in [-0.3, -0.25) is 4.79 Å². The molecule has 5 heteroatoms. The molecule has 0 heterocycles. The molecular formula is C19H29N3O2. The fourth-order valence-corrected chi connectivity index (χ4v) is 3.32. The van der Waals surface area contributed by atoms with Gasteiger partial charge in [-0.25, -0.2) is 4.79 Å². The van der Waals surface area contributed by atoms with E-state index < -0.39 is 0 Å². The van der Waals surface area contributed by atoms with Crippen LogP contribution < -0.4 is 10.6 Å². The first-order valence-electron chi connectivity index (χ1n) is 8.86. The summed E-state index contributed by atoms with van der Waals surface area (Å²) in [6.07, 6.45) is 7.67. The van der Waals surface area contributed by atoms with Gasteiger partial charge < -0.3 is 15.5 Å². The Labute approximate surface area is 144 Å². The van der Waals surface area contributed by atoms with Gasteiger partial charge in [0.2, 0.25) is 0 Å². The molecule has 3 amide bonds. The van der Waals surface area contributed by atoms with E-state index in [1.165, 1.54) is 32.1 Å². The molecule has 0 aromatic heterocycles. The maximum absolute atomic E-state index is 12.4. The van der Waals surface area contributed by atoms with Crippen molar-refractivity contribution in [2.75, 3.05) is 26.0 Å². The monoisotopic (exact) mass is 331 g/mol. The molecule has 1 aromatic carbocycles. The van der Waals surface area contributed by atoms with Crippen LogP contribution in [0.1, 0.15) is 54.4 Å². The van der Waals surface area contributed by atoms with Gasteiger partial charge in [-0.1, -0.05) is 38.2 Å². The van der Waals surface area contributed by atoms with Crippen LogP contribution in [0, 0.1) is 12.8 Å². The lowest BCUT2D eigenvalue weighted by Gasteiger charge is -2.25. The number of anilines is 1. The lowest BCUT2D eigenvalue weighted by Crippen LogP contribution is -2.33. The van der Waals surface area contributed by atoms with Crippen molar-refractivity contribution in [2.45, 2.75) is 45.4 Å². The standard InChI is InChI=1S/C19H29N3O2/c1-14-16(18(23)20-2)10-7-11-17(14)21-19(24)22(3)13-12-15-8-5-4-6-9-15/h7,10-11,15H,4-6,8-9,12-13H2,1-3H3,(H,20,23)(H,21,24). The largest absolute Gasteiger partial charge is 0.355 e. The molecule has 5 nitrogen and oxygen atoms in total. The second-order valence-corrected chi connectivity index (χ2v) is 6.70. The van der Waals surface area contributed by atoms with Crippen LogP contribution >= 0.6 is 0 Å². The number of nitrogens with zero attached hydrogens (tertiary/aromatic N) is 1. The van der Waals surface area contributed by atoms with Crippen molar-refractivity contribution in [3.63, 3.8) is 0 Å². The van der Waals surface area contributed by atoms with Gasteiger partial charge in [-0.2, -0.15) is 0 Å². The van der Waals surface area contributed by atoms with Crippen LogP contribution in [0.2, 0.25) is 0 Å². The number of benzene rings is 1. The minimum Gasteiger partial charge on any atom is -0.355 e. The Morgan fingerprint density at radius 2 is 1.92 bits per heavy atom. The van der Waals surface area contributed by atoms with Crippen LogP contribution in [0.4, 0.5) is 10.5 Å². The lowest BCUT2D eigenvalue weighted by molar-refractivity contribution is 0.0962. The number of carbonyl (C=O) groups is 2. The summed E-state index contributed by atoms with van der Waals surface area (Å²) in [5, 5.41) is 5.54. The molecule has 0 saturated heterocycles. The van der Waals surface area contributed by atoms with Gasteiger partial charge in [0.25, 0.3) is 5.91 Å². The summed E-state index contributed by atoms with van der Waals surface area (Å²) >= 11 is 0. The molecule has 132 valence electrons. The van der Waals surface area contributed by atoms with Crippen LogP contribution in [0.25, 0.3) is 0 Å². The minimum atomic E-state index is -0.144. The average molecular weight is 331 g/mol. The van der Waals surface area contributed by atoms with E-state index in [4.69, 9.17) is 0 Å². The van der Waals surface area contributed by atoms with Crippen molar-refractivity contribution in [3.8, 4) is 0 Å². The summed E-state index contributed by atoms with van der Waals surface area (Å²) in [7, 11) is 3.43. The maximum atomic E-state index is 12.4. The highest BCUT2D eigenvalue weighted by molar-refractivity contribution is 5.98. The third kappa shape index (κ3) is 4.73. The Kier molecular flexibility index (Phi) is 6.64. The van der Waals surface area contributed by atoms with Gasteiger partial charge in [0.1, 0.15) is 0 Å². The number of urea groups is 1. The molecule has 0 bridgehead atoms. The number of hydrogen-bond acceptors (Lipinski definition) is 2. The van der Waals surface area contributed by atoms with Crippen molar-refractivity contribution in [1.29, 1.82) is 0 Å². The quantitative estimate of drug-likeness (QED) is 0.862. The van der Waals surface area contributed by atoms with Crippen molar-refractivity contribution < 1.29 is 9.59 Å². The Hall–Kier alpha value is -2.04. The van der Waals surface area contributed by atoms with Gasteiger partial charge in [0, 0.05) is 31.9 Å². The summed E-state index contributed by atoms with van der Waals surface area (Å²) in [4.78, 5) is 26.0. The zero-order chi connectivity index (χ0) is 17.5. The number of carbonyl (C=O) groups excluding carboxylic acids is 2. The van der Waals surface area contributed by atoms with Gasteiger partial charge >= 0.3 is 6.03 Å². The van der Waals surface area contributed by atoms with E-state index in [0.29, 0.717) is 11.3 Å². The number of rotatable bonds is 5. The van der Waals surface area contributed by atoms with Crippen LogP contribution in [-0.4, -0.2) is 37.5 Å². The Bertz CT molecular complexity index is 580. The summed E-state index contributed by atoms with van der Waals surface area (Å²) < 4.78 is 0. The molecule has 0 atom stereocenters. The molecule has 1 saturated carbocycles. The Morgan fingerprint density at radius 3 is 2.58 bits per heavy atom. The summed E-state index contributed by atoms with van der Waals surface area (Å²) in [6.45, 7) is 2.62. The highest BCUT2D eigenvalue weighted by Gasteiger charge is 2.17. The second kappa shape index (κ2) is 8.71. The number of hydrogen-bond donors (Lipinski definition) is 2. The van der Waals surface area contributed by atoms with Gasteiger partial charge in [-0.15, -0.1) is 0 Å². The molecule has 1 fully saturated rings. The molecule has 0 aliphatic heterocycles. The molecule has 1 aromatic rings. The van der Waals surface area contributed by atoms with Gasteiger partial charge in [0.15, 0.2) is 0 Å². The smallest absolute Gasteiger partial charge is 0.321 e. The minimum absolute atomic E-state index is 0.122. The number of nitrogens with one attached hydrogen (secondary N) is 2. The van der Waals surface area contributed by atoms with E-state index in [9.17, 15) is 9.59 Å². The highest BCUT2D eigenvalue weighted by Crippen LogP contribution is 2.26. The zero-order valence-corrected chi connectivity index (χ0v) is 15.0. The van der Waals surface area contributed by atoms with E-state index in [1.807, 2.05) is 20.0 Å². The van der Waals surface area contributed by atoms with Crippen LogP contribution in [0.15, 0.2) is 18.2 Å². The maximum Gasteiger partial charge on any atom is 0.321 e. The van der Waals surface area contributed by atoms with E-state index in [2.05, 4.69) is 10.6 Å². The first-order chi connectivity index (χ1) is 11.5. The molecule has 24 heavy (non-hydrogen) atoms. The molecular weight excluding hydrogens is 302 g/mol. The SMILES string of the molecule is CNC(=O)c1cccc(NC(=O)N(C)CCC2CCCCC2)c1C. The third-order valence-electron chi connectivity index (χ3n) is 4.99. The summed E-state index contributed by atoms with van der Waals surface area (Å²) in [6, 6.07) is 5.25. The molecule has 2 rings (SSSR count). The Morgan fingerprint density at radius 1 is 1.21 bits per heavy atom. The van der Waals surface area contributed by atoms with E-state index in [1.54, 1.807) is 24.1 Å². The molecule has 0 radical (unpaired) electrons.